The molecule has 5 N–H and O–H groups in total. The molecule has 0 radical (unpaired) electrons. The Labute approximate surface area is 524 Å². The maximum absolute atomic E-state index is 15.2. The van der Waals surface area contributed by atoms with Crippen LogP contribution in [0.5, 0.6) is 0 Å². The minimum atomic E-state index is -2.85. The third-order valence-corrected chi connectivity index (χ3v) is 19.4. The molecule has 1 aromatic heterocycles. The van der Waals surface area contributed by atoms with Crippen molar-refractivity contribution in [2.45, 2.75) is 151 Å². The number of nitrogens with one attached hydrogen (secondary N) is 5. The van der Waals surface area contributed by atoms with Crippen molar-refractivity contribution in [3.63, 3.8) is 0 Å². The molecule has 4 aromatic rings. The number of fused-ring (bicyclic) bond motifs is 1. The van der Waals surface area contributed by atoms with Gasteiger partial charge in [-0.3, -0.25) is 14.4 Å². The smallest absolute Gasteiger partial charge is 0.329 e. The van der Waals surface area contributed by atoms with E-state index in [1.54, 1.807) is 104 Å². The van der Waals surface area contributed by atoms with E-state index in [2.05, 4.69) is 46.3 Å². The monoisotopic (exact) mass is 1350 g/mol. The van der Waals surface area contributed by atoms with Crippen LogP contribution in [0.3, 0.4) is 0 Å². The summed E-state index contributed by atoms with van der Waals surface area (Å²) in [5.74, 6) is -4.01. The summed E-state index contributed by atoms with van der Waals surface area (Å²) in [5.41, 5.74) is -0.922. The van der Waals surface area contributed by atoms with Crippen molar-refractivity contribution in [2.24, 2.45) is 0 Å². The number of urea groups is 1. The molecule has 2 atom stereocenters. The quantitative estimate of drug-likeness (QED) is 0.0171. The Kier molecular flexibility index (Phi) is 27.5. The van der Waals surface area contributed by atoms with Gasteiger partial charge in [-0.2, -0.15) is 5.10 Å². The van der Waals surface area contributed by atoms with Gasteiger partial charge in [0.05, 0.1) is 24.3 Å². The molecule has 488 valence electrons. The molecule has 1 aliphatic heterocycles. The summed E-state index contributed by atoms with van der Waals surface area (Å²) in [7, 11) is 0. The van der Waals surface area contributed by atoms with Gasteiger partial charge in [-0.15, -0.1) is 0 Å². The van der Waals surface area contributed by atoms with Gasteiger partial charge in [-0.05, 0) is 94.1 Å². The number of unbranched alkanes of at least 4 members (excludes halogenated alkanes) is 1. The van der Waals surface area contributed by atoms with Gasteiger partial charge in [0.15, 0.2) is 0 Å². The molecule has 2 heterocycles. The van der Waals surface area contributed by atoms with E-state index in [1.807, 2.05) is 12.1 Å². The van der Waals surface area contributed by atoms with Gasteiger partial charge in [-0.25, -0.2) is 19.5 Å². The number of hydrogen-bond acceptors (Lipinski definition) is 16. The molecule has 5 rings (SSSR count). The van der Waals surface area contributed by atoms with Gasteiger partial charge in [0.25, 0.3) is 5.56 Å². The molecule has 0 unspecified atom stereocenters. The molecule has 23 nitrogen and oxygen atoms in total. The Balaban J connectivity index is 0.960. The maximum atomic E-state index is 15.2. The molecular formula is C64H91FN8O15Sn. The molecule has 3 aromatic carbocycles. The number of esters is 3. The second kappa shape index (κ2) is 33.7. The number of hydrogen-bond donors (Lipinski definition) is 5. The van der Waals surface area contributed by atoms with Crippen LogP contribution in [-0.2, 0) is 54.0 Å². The number of aromatic nitrogens is 2. The standard InChI is InChI=1S/C61H82FN8O15.3CH3.Sn/c1-59(2,3)83-51(72)23-22-48(57(78)85-61(7,8)9)66-58(79)65-47(56(77)84-60(4,5)6)19-12-13-25-63-50(71)24-31-80-33-35-82-36-34-81-32-26-64-52(73)41-15-14-16-42(39-41)54(75)69-27-29-70(30-28-69)55(76)45-37-40(20-21-46(45)62)38-49-43-17-10-11-18-44(43)53(74)68-67-49;;;;/h10-11,15-18,20-21,37,39,47-48H,12-13,19,22-36,38H2,1-9H3,(H,63,71)(H,64,73)(H,68,74)(H2,65,66,79);3*1H3;/t47-,48-;;;;/m0..../s1. The Morgan fingerprint density at radius 2 is 1.17 bits per heavy atom. The number of H-pyrrole nitrogens is 1. The molecule has 1 saturated heterocycles. The first-order chi connectivity index (χ1) is 41.8. The molecule has 6 amide bonds. The second-order valence-corrected chi connectivity index (χ2v) is 40.3. The van der Waals surface area contributed by atoms with Crippen LogP contribution in [0.25, 0.3) is 10.8 Å². The number of benzene rings is 3. The van der Waals surface area contributed by atoms with Gasteiger partial charge in [-0.1, -0.05) is 24.3 Å². The Bertz CT molecular complexity index is 3160. The van der Waals surface area contributed by atoms with E-state index in [0.29, 0.717) is 52.5 Å². The molecule has 0 spiro atoms. The van der Waals surface area contributed by atoms with Crippen molar-refractivity contribution < 1.29 is 71.2 Å². The van der Waals surface area contributed by atoms with Gasteiger partial charge in [0.1, 0.15) is 28.9 Å². The third-order valence-electron chi connectivity index (χ3n) is 13.6. The van der Waals surface area contributed by atoms with Crippen molar-refractivity contribution in [1.29, 1.82) is 0 Å². The Morgan fingerprint density at radius 1 is 0.618 bits per heavy atom. The molecule has 1 fully saturated rings. The van der Waals surface area contributed by atoms with Crippen LogP contribution in [-0.4, -0.2) is 194 Å². The van der Waals surface area contributed by atoms with E-state index in [4.69, 9.17) is 28.4 Å². The summed E-state index contributed by atoms with van der Waals surface area (Å²) < 4.78 is 49.4. The molecule has 89 heavy (non-hydrogen) atoms. The normalized spacial score (nSPS) is 13.7. The summed E-state index contributed by atoms with van der Waals surface area (Å²) in [4.78, 5) is 128. The predicted molar refractivity (Wildman–Crippen MR) is 335 cm³/mol. The first-order valence-electron chi connectivity index (χ1n) is 30.3. The van der Waals surface area contributed by atoms with E-state index in [0.717, 1.165) is 3.58 Å². The number of amides is 6. The zero-order valence-corrected chi connectivity index (χ0v) is 56.6. The first kappa shape index (κ1) is 72.7. The van der Waals surface area contributed by atoms with Crippen molar-refractivity contribution >= 4 is 80.3 Å². The van der Waals surface area contributed by atoms with Crippen LogP contribution in [0, 0.1) is 5.82 Å². The van der Waals surface area contributed by atoms with Crippen molar-refractivity contribution in [1.82, 2.24) is 41.3 Å². The number of carbonyl (C=O) groups excluding carboxylic acids is 8. The van der Waals surface area contributed by atoms with Crippen LogP contribution in [0.1, 0.15) is 143 Å². The second-order valence-electron chi connectivity index (χ2n) is 25.8. The van der Waals surface area contributed by atoms with Gasteiger partial charge >= 0.3 is 239 Å². The van der Waals surface area contributed by atoms with Crippen molar-refractivity contribution in [3.8, 4) is 0 Å². The summed E-state index contributed by atoms with van der Waals surface area (Å²) in [6.07, 6.45) is 1.14. The summed E-state index contributed by atoms with van der Waals surface area (Å²) in [6, 6.07) is 13.6. The van der Waals surface area contributed by atoms with E-state index < -0.39 is 82.9 Å². The SMILES string of the molecule is CC(C)(C)OC(=O)CC[C@H](NC(=O)N[C@@H](CCCCNC(=O)CCOCCOCCOCCNC(=O)c1cc(C(=O)N2CCN(C(=O)c3cc(Cc4n[nH]c(=O)c5ccccc45)ccc3F)CC2)c[c]([Sn]([CH3])([CH3])[CH3])c1)C(=O)OC(C)(C)C)C(=O)OC(C)(C)C. The predicted octanol–water partition coefficient (Wildman–Crippen LogP) is 6.09. The minimum Gasteiger partial charge on any atom is -0.458 e. The van der Waals surface area contributed by atoms with E-state index in [9.17, 15) is 43.2 Å². The third kappa shape index (κ3) is 25.4. The fourth-order valence-electron chi connectivity index (χ4n) is 9.22. The number of nitrogens with zero attached hydrogens (tertiary/aromatic N) is 3. The molecule has 1 aliphatic rings. The Morgan fingerprint density at radius 3 is 1.76 bits per heavy atom. The van der Waals surface area contributed by atoms with Gasteiger partial charge < -0.3 is 34.9 Å². The summed E-state index contributed by atoms with van der Waals surface area (Å²) >= 11 is -2.85. The fraction of sp³-hybridized carbons (Fsp3) is 0.562. The number of ether oxygens (including phenoxy) is 6. The number of piperazine rings is 1. The van der Waals surface area contributed by atoms with Crippen molar-refractivity contribution in [3.05, 3.63) is 105 Å². The fourth-order valence-corrected chi connectivity index (χ4v) is 12.6. The van der Waals surface area contributed by atoms with E-state index in [1.165, 1.54) is 17.0 Å². The largest absolute Gasteiger partial charge is 0.458 e. The molecule has 0 aliphatic carbocycles. The number of halogens is 1. The van der Waals surface area contributed by atoms with Crippen LogP contribution in [0.2, 0.25) is 14.8 Å². The van der Waals surface area contributed by atoms with Crippen LogP contribution >= 0.6 is 0 Å². The molecule has 0 saturated carbocycles. The number of carbonyl (C=O) groups is 8. The van der Waals surface area contributed by atoms with E-state index in [-0.39, 0.29) is 133 Å². The minimum absolute atomic E-state index is 0.0941. The molecule has 25 heteroatoms. The number of aromatic amines is 1. The molecular weight excluding hydrogens is 1260 g/mol. The molecule has 0 bridgehead atoms. The van der Waals surface area contributed by atoms with Crippen LogP contribution in [0.4, 0.5) is 9.18 Å². The Hall–Kier alpha value is -7.03. The zero-order chi connectivity index (χ0) is 65.7. The first-order valence-corrected chi connectivity index (χ1v) is 40.3. The van der Waals surface area contributed by atoms with Crippen LogP contribution in [0.15, 0.2) is 65.5 Å². The van der Waals surface area contributed by atoms with Gasteiger partial charge in [0, 0.05) is 31.2 Å². The maximum Gasteiger partial charge on any atom is 0.329 e. The zero-order valence-electron chi connectivity index (χ0n) is 53.7. The summed E-state index contributed by atoms with van der Waals surface area (Å²) in [5, 5.41) is 18.7. The van der Waals surface area contributed by atoms with Gasteiger partial charge in [0.2, 0.25) is 5.91 Å². The van der Waals surface area contributed by atoms with Crippen LogP contribution < -0.4 is 30.4 Å². The summed E-state index contributed by atoms with van der Waals surface area (Å²) in [6.45, 7) is 17.9. The topological polar surface area (TPSA) is 292 Å². The van der Waals surface area contributed by atoms with E-state index >= 15 is 4.39 Å². The number of rotatable bonds is 30. The van der Waals surface area contributed by atoms with Crippen molar-refractivity contribution in [2.75, 3.05) is 78.9 Å². The average molecular weight is 1350 g/mol. The average Bonchev–Trinajstić information content (AvgIpc) is 1.50.